The molecule has 0 radical (unpaired) electrons. The van der Waals surface area contributed by atoms with E-state index in [2.05, 4.69) is 4.99 Å². The number of aliphatic carboxylic acids is 1. The summed E-state index contributed by atoms with van der Waals surface area (Å²) in [5.41, 5.74) is 13.2. The number of hydrogen-bond acceptors (Lipinski definition) is 4. The molecule has 188 valence electrons. The summed E-state index contributed by atoms with van der Waals surface area (Å²) in [5, 5.41) is 10.2. The quantitative estimate of drug-likeness (QED) is 0.204. The van der Waals surface area contributed by atoms with Crippen molar-refractivity contribution in [1.29, 1.82) is 0 Å². The minimum absolute atomic E-state index is 0.0544. The van der Waals surface area contributed by atoms with E-state index in [-0.39, 0.29) is 31.4 Å². The lowest BCUT2D eigenvalue weighted by molar-refractivity contribution is -0.151. The highest BCUT2D eigenvalue weighted by atomic mass is 16.5. The van der Waals surface area contributed by atoms with Gasteiger partial charge >= 0.3 is 5.97 Å². The fourth-order valence-electron chi connectivity index (χ4n) is 4.11. The zero-order valence-corrected chi connectivity index (χ0v) is 20.3. The fraction of sp³-hybridized carbons (Fsp3) is 0.250. The predicted molar refractivity (Wildman–Crippen MR) is 140 cm³/mol. The Morgan fingerprint density at radius 2 is 1.47 bits per heavy atom. The van der Waals surface area contributed by atoms with E-state index >= 15 is 0 Å². The summed E-state index contributed by atoms with van der Waals surface area (Å²) in [7, 11) is 1.58. The maximum Gasteiger partial charge on any atom is 0.326 e. The van der Waals surface area contributed by atoms with Gasteiger partial charge in [0.15, 0.2) is 5.96 Å². The highest BCUT2D eigenvalue weighted by molar-refractivity contribution is 5.90. The second-order valence-corrected chi connectivity index (χ2v) is 8.37. The van der Waals surface area contributed by atoms with Crippen LogP contribution in [0.5, 0.6) is 5.75 Å². The SMILES string of the molecule is COc1ccc(CN(C(=O)C(c2ccccc2)c2ccccc2)C(CCCN=C(N)N)C(=O)O)cc1. The van der Waals surface area contributed by atoms with Crippen LogP contribution >= 0.6 is 0 Å². The number of nitrogens with zero attached hydrogens (tertiary/aromatic N) is 2. The maximum atomic E-state index is 14.2. The molecule has 0 spiro atoms. The molecule has 0 aromatic heterocycles. The Labute approximate surface area is 211 Å². The van der Waals surface area contributed by atoms with Crippen molar-refractivity contribution in [3.8, 4) is 5.75 Å². The average molecular weight is 489 g/mol. The van der Waals surface area contributed by atoms with Gasteiger partial charge in [-0.3, -0.25) is 9.79 Å². The Morgan fingerprint density at radius 3 is 1.94 bits per heavy atom. The zero-order chi connectivity index (χ0) is 25.9. The lowest BCUT2D eigenvalue weighted by Gasteiger charge is -2.33. The first-order valence-electron chi connectivity index (χ1n) is 11.7. The van der Waals surface area contributed by atoms with Crippen LogP contribution in [0, 0.1) is 0 Å². The Balaban J connectivity index is 2.01. The van der Waals surface area contributed by atoms with Crippen LogP contribution in [0.2, 0.25) is 0 Å². The van der Waals surface area contributed by atoms with Crippen LogP contribution in [0.25, 0.3) is 0 Å². The lowest BCUT2D eigenvalue weighted by atomic mass is 9.89. The minimum atomic E-state index is -1.08. The second-order valence-electron chi connectivity index (χ2n) is 8.37. The molecule has 3 aromatic rings. The van der Waals surface area contributed by atoms with Crippen LogP contribution < -0.4 is 16.2 Å². The molecule has 0 aliphatic rings. The summed E-state index contributed by atoms with van der Waals surface area (Å²) in [6.45, 7) is 0.399. The predicted octanol–water partition coefficient (Wildman–Crippen LogP) is 3.36. The third kappa shape index (κ3) is 7.09. The number of carboxylic acid groups (broad SMARTS) is 1. The van der Waals surface area contributed by atoms with Gasteiger partial charge in [-0.25, -0.2) is 4.79 Å². The molecule has 0 bridgehead atoms. The smallest absolute Gasteiger partial charge is 0.326 e. The molecule has 8 heteroatoms. The molecule has 1 amide bonds. The summed E-state index contributed by atoms with van der Waals surface area (Å²) >= 11 is 0. The van der Waals surface area contributed by atoms with Crippen molar-refractivity contribution in [2.75, 3.05) is 13.7 Å². The number of hydrogen-bond donors (Lipinski definition) is 3. The maximum absolute atomic E-state index is 14.2. The highest BCUT2D eigenvalue weighted by Crippen LogP contribution is 2.29. The van der Waals surface area contributed by atoms with Gasteiger partial charge < -0.3 is 26.2 Å². The van der Waals surface area contributed by atoms with E-state index in [4.69, 9.17) is 16.2 Å². The number of rotatable bonds is 12. The highest BCUT2D eigenvalue weighted by Gasteiger charge is 2.35. The van der Waals surface area contributed by atoms with Gasteiger partial charge in [-0.15, -0.1) is 0 Å². The molecule has 1 unspecified atom stereocenters. The molecule has 0 heterocycles. The summed E-state index contributed by atoms with van der Waals surface area (Å²) in [6.07, 6.45) is 0.604. The summed E-state index contributed by atoms with van der Waals surface area (Å²) in [6, 6.07) is 25.0. The normalized spacial score (nSPS) is 11.5. The summed E-state index contributed by atoms with van der Waals surface area (Å²) in [4.78, 5) is 32.1. The second kappa shape index (κ2) is 12.9. The van der Waals surface area contributed by atoms with E-state index in [0.29, 0.717) is 12.2 Å². The Bertz CT molecular complexity index is 1110. The van der Waals surface area contributed by atoms with Crippen LogP contribution in [-0.4, -0.2) is 47.5 Å². The molecule has 0 saturated carbocycles. The molecule has 1 atom stereocenters. The van der Waals surface area contributed by atoms with Gasteiger partial charge in [-0.1, -0.05) is 72.8 Å². The first kappa shape index (κ1) is 26.3. The molecule has 3 rings (SSSR count). The number of aliphatic imine (C=N–C) groups is 1. The third-order valence-electron chi connectivity index (χ3n) is 5.90. The van der Waals surface area contributed by atoms with Crippen molar-refractivity contribution in [2.24, 2.45) is 16.5 Å². The average Bonchev–Trinajstić information content (AvgIpc) is 2.89. The van der Waals surface area contributed by atoms with Gasteiger partial charge in [0.2, 0.25) is 5.91 Å². The molecular formula is C28H32N4O4. The van der Waals surface area contributed by atoms with Crippen molar-refractivity contribution >= 4 is 17.8 Å². The Morgan fingerprint density at radius 1 is 0.917 bits per heavy atom. The van der Waals surface area contributed by atoms with Crippen LogP contribution in [-0.2, 0) is 16.1 Å². The van der Waals surface area contributed by atoms with Gasteiger partial charge in [0.05, 0.1) is 13.0 Å². The molecule has 0 aliphatic carbocycles. The molecule has 8 nitrogen and oxygen atoms in total. The van der Waals surface area contributed by atoms with Crippen LogP contribution in [0.15, 0.2) is 89.9 Å². The number of benzene rings is 3. The molecule has 5 N–H and O–H groups in total. The van der Waals surface area contributed by atoms with E-state index in [0.717, 1.165) is 16.7 Å². The van der Waals surface area contributed by atoms with Crippen molar-refractivity contribution in [1.82, 2.24) is 4.90 Å². The standard InChI is InChI=1S/C28H32N4O4/c1-36-23-16-14-20(15-17-23)19-32(24(27(34)35)13-8-18-31-28(29)30)26(33)25(21-9-4-2-5-10-21)22-11-6-3-7-12-22/h2-7,9-12,14-17,24-25H,8,13,18-19H2,1H3,(H,34,35)(H4,29,30,31). The van der Waals surface area contributed by atoms with Crippen LogP contribution in [0.1, 0.15) is 35.4 Å². The molecular weight excluding hydrogens is 456 g/mol. The number of carboxylic acids is 1. The largest absolute Gasteiger partial charge is 0.497 e. The molecule has 0 fully saturated rings. The summed E-state index contributed by atoms with van der Waals surface area (Å²) in [5.74, 6) is -1.42. The minimum Gasteiger partial charge on any atom is -0.497 e. The number of guanidine groups is 1. The van der Waals surface area contributed by atoms with Crippen molar-refractivity contribution < 1.29 is 19.4 Å². The zero-order valence-electron chi connectivity index (χ0n) is 20.3. The van der Waals surface area contributed by atoms with Crippen LogP contribution in [0.3, 0.4) is 0 Å². The van der Waals surface area contributed by atoms with Crippen molar-refractivity contribution in [3.05, 3.63) is 102 Å². The van der Waals surface area contributed by atoms with Gasteiger partial charge in [0.1, 0.15) is 11.8 Å². The number of carbonyl (C=O) groups excluding carboxylic acids is 1. The van der Waals surface area contributed by atoms with Crippen LogP contribution in [0.4, 0.5) is 0 Å². The number of nitrogens with two attached hydrogens (primary N) is 2. The number of methoxy groups -OCH3 is 1. The van der Waals surface area contributed by atoms with Gasteiger partial charge in [-0.05, 0) is 41.7 Å². The fourth-order valence-corrected chi connectivity index (χ4v) is 4.11. The van der Waals surface area contributed by atoms with E-state index in [1.165, 1.54) is 4.90 Å². The van der Waals surface area contributed by atoms with E-state index in [1.54, 1.807) is 19.2 Å². The van der Waals surface area contributed by atoms with E-state index in [9.17, 15) is 14.7 Å². The molecule has 3 aromatic carbocycles. The molecule has 0 saturated heterocycles. The van der Waals surface area contributed by atoms with E-state index < -0.39 is 17.9 Å². The monoisotopic (exact) mass is 488 g/mol. The van der Waals surface area contributed by atoms with E-state index in [1.807, 2.05) is 72.8 Å². The van der Waals surface area contributed by atoms with Gasteiger partial charge in [0, 0.05) is 13.1 Å². The first-order chi connectivity index (χ1) is 17.4. The first-order valence-corrected chi connectivity index (χ1v) is 11.7. The Hall–Kier alpha value is -4.33. The van der Waals surface area contributed by atoms with Crippen molar-refractivity contribution in [2.45, 2.75) is 31.3 Å². The lowest BCUT2D eigenvalue weighted by Crippen LogP contribution is -2.47. The number of carbonyl (C=O) groups is 2. The molecule has 36 heavy (non-hydrogen) atoms. The number of amides is 1. The summed E-state index contributed by atoms with van der Waals surface area (Å²) < 4.78 is 5.24. The third-order valence-corrected chi connectivity index (χ3v) is 5.90. The van der Waals surface area contributed by atoms with Gasteiger partial charge in [0.25, 0.3) is 0 Å². The Kier molecular flexibility index (Phi) is 9.45. The van der Waals surface area contributed by atoms with Crippen molar-refractivity contribution in [3.63, 3.8) is 0 Å². The van der Waals surface area contributed by atoms with Gasteiger partial charge in [-0.2, -0.15) is 0 Å². The molecule has 0 aliphatic heterocycles. The topological polar surface area (TPSA) is 131 Å². The number of ether oxygens (including phenoxy) is 1.